The van der Waals surface area contributed by atoms with Gasteiger partial charge in [-0.3, -0.25) is 10.1 Å². The third-order valence-electron chi connectivity index (χ3n) is 3.07. The fraction of sp³-hybridized carbons (Fsp3) is 0.357. The molecule has 0 bridgehead atoms. The van der Waals surface area contributed by atoms with Crippen molar-refractivity contribution in [3.63, 3.8) is 0 Å². The van der Waals surface area contributed by atoms with Crippen molar-refractivity contribution in [2.45, 2.75) is 31.8 Å². The van der Waals surface area contributed by atoms with Crippen LogP contribution in [0.1, 0.15) is 35.6 Å². The van der Waals surface area contributed by atoms with Gasteiger partial charge in [0.05, 0.1) is 24.5 Å². The number of rotatable bonds is 7. The molecule has 0 saturated heterocycles. The van der Waals surface area contributed by atoms with Crippen LogP contribution in [0.25, 0.3) is 0 Å². The molecule has 0 radical (unpaired) electrons. The molecule has 0 aliphatic carbocycles. The summed E-state index contributed by atoms with van der Waals surface area (Å²) < 4.78 is 32.2. The minimum atomic E-state index is -3.97. The number of ether oxygens (including phenoxy) is 1. The molecule has 8 nitrogen and oxygen atoms in total. The van der Waals surface area contributed by atoms with Crippen molar-refractivity contribution in [1.29, 1.82) is 0 Å². The van der Waals surface area contributed by atoms with E-state index in [9.17, 15) is 13.2 Å². The molecular weight excluding hydrogens is 320 g/mol. The maximum absolute atomic E-state index is 12.4. The Kier molecular flexibility index (Phi) is 5.45. The quantitative estimate of drug-likeness (QED) is 0.729. The molecule has 23 heavy (non-hydrogen) atoms. The zero-order valence-electron chi connectivity index (χ0n) is 12.9. The molecule has 0 aliphatic rings. The largest absolute Gasteiger partial charge is 0.462 e. The molecule has 0 atom stereocenters. The second-order valence-electron chi connectivity index (χ2n) is 4.60. The van der Waals surface area contributed by atoms with Crippen LogP contribution in [0.4, 0.5) is 0 Å². The Balaban J connectivity index is 2.29. The van der Waals surface area contributed by atoms with Crippen molar-refractivity contribution < 1.29 is 17.9 Å². The second kappa shape index (κ2) is 7.34. The fourth-order valence-corrected chi connectivity index (χ4v) is 3.08. The molecular formula is C14H18N4O4S. The van der Waals surface area contributed by atoms with Gasteiger partial charge in [0, 0.05) is 6.20 Å². The third-order valence-corrected chi connectivity index (χ3v) is 4.39. The first-order chi connectivity index (χ1) is 11.0. The standard InChI is InChI=1S/C14H18N4O4S/c1-3-11-12(14(19)22-4-2)13(18-17-11)23(20,21)16-9-10-7-5-6-8-15-10/h5-8,16H,3-4,9H2,1-2H3,(H,17,18). The Morgan fingerprint density at radius 3 is 2.74 bits per heavy atom. The van der Waals surface area contributed by atoms with E-state index in [1.54, 1.807) is 38.2 Å². The maximum Gasteiger partial charge on any atom is 0.343 e. The van der Waals surface area contributed by atoms with Crippen LogP contribution in [0.2, 0.25) is 0 Å². The number of nitrogens with zero attached hydrogens (tertiary/aromatic N) is 2. The van der Waals surface area contributed by atoms with Gasteiger partial charge in [-0.2, -0.15) is 5.10 Å². The molecule has 2 N–H and O–H groups in total. The molecule has 124 valence electrons. The molecule has 9 heteroatoms. The van der Waals surface area contributed by atoms with Gasteiger partial charge in [0.15, 0.2) is 0 Å². The first-order valence-electron chi connectivity index (χ1n) is 7.13. The number of H-pyrrole nitrogens is 1. The van der Waals surface area contributed by atoms with E-state index in [2.05, 4.69) is 19.9 Å². The van der Waals surface area contributed by atoms with Gasteiger partial charge in [0.1, 0.15) is 5.56 Å². The van der Waals surface area contributed by atoms with Crippen molar-refractivity contribution in [2.75, 3.05) is 6.61 Å². The number of esters is 1. The Hall–Kier alpha value is -2.26. The van der Waals surface area contributed by atoms with Gasteiger partial charge in [-0.1, -0.05) is 13.0 Å². The molecule has 2 aromatic heterocycles. The summed E-state index contributed by atoms with van der Waals surface area (Å²) in [6, 6.07) is 5.18. The van der Waals surface area contributed by atoms with E-state index in [0.717, 1.165) is 0 Å². The molecule has 2 rings (SSSR count). The smallest absolute Gasteiger partial charge is 0.343 e. The SMILES string of the molecule is CCOC(=O)c1c(S(=O)(=O)NCc2ccccn2)n[nH]c1CC. The number of aromatic amines is 1. The molecule has 2 aromatic rings. The first-order valence-corrected chi connectivity index (χ1v) is 8.61. The number of aromatic nitrogens is 3. The Bertz CT molecular complexity index is 771. The monoisotopic (exact) mass is 338 g/mol. The van der Waals surface area contributed by atoms with Gasteiger partial charge in [-0.15, -0.1) is 0 Å². The van der Waals surface area contributed by atoms with E-state index < -0.39 is 16.0 Å². The van der Waals surface area contributed by atoms with Crippen LogP contribution in [-0.4, -0.2) is 36.2 Å². The summed E-state index contributed by atoms with van der Waals surface area (Å²) >= 11 is 0. The summed E-state index contributed by atoms with van der Waals surface area (Å²) in [5.41, 5.74) is 0.921. The average Bonchev–Trinajstić information content (AvgIpc) is 2.99. The van der Waals surface area contributed by atoms with Gasteiger partial charge < -0.3 is 4.74 Å². The minimum Gasteiger partial charge on any atom is -0.462 e. The predicted molar refractivity (Wildman–Crippen MR) is 82.2 cm³/mol. The van der Waals surface area contributed by atoms with E-state index in [4.69, 9.17) is 4.74 Å². The highest BCUT2D eigenvalue weighted by atomic mass is 32.2. The molecule has 0 unspecified atom stereocenters. The second-order valence-corrected chi connectivity index (χ2v) is 6.28. The van der Waals surface area contributed by atoms with Crippen molar-refractivity contribution in [2.24, 2.45) is 0 Å². The molecule has 0 saturated carbocycles. The highest BCUT2D eigenvalue weighted by molar-refractivity contribution is 7.89. The van der Waals surface area contributed by atoms with Crippen molar-refractivity contribution >= 4 is 16.0 Å². The van der Waals surface area contributed by atoms with Crippen LogP contribution in [0, 0.1) is 0 Å². The lowest BCUT2D eigenvalue weighted by atomic mass is 10.2. The number of pyridine rings is 1. The predicted octanol–water partition coefficient (Wildman–Crippen LogP) is 1.02. The van der Waals surface area contributed by atoms with Gasteiger partial charge >= 0.3 is 5.97 Å². The molecule has 0 aliphatic heterocycles. The summed E-state index contributed by atoms with van der Waals surface area (Å²) in [6.07, 6.45) is 1.99. The Labute approximate surface area is 134 Å². The van der Waals surface area contributed by atoms with Crippen LogP contribution in [-0.2, 0) is 27.7 Å². The van der Waals surface area contributed by atoms with E-state index in [-0.39, 0.29) is 23.7 Å². The number of hydrogen-bond donors (Lipinski definition) is 2. The number of sulfonamides is 1. The zero-order valence-corrected chi connectivity index (χ0v) is 13.7. The summed E-state index contributed by atoms with van der Waals surface area (Å²) in [4.78, 5) is 16.1. The topological polar surface area (TPSA) is 114 Å². The van der Waals surface area contributed by atoms with Crippen molar-refractivity contribution in [3.05, 3.63) is 41.3 Å². The fourth-order valence-electron chi connectivity index (χ4n) is 1.96. The van der Waals surface area contributed by atoms with Crippen LogP contribution >= 0.6 is 0 Å². The molecule has 0 amide bonds. The van der Waals surface area contributed by atoms with Crippen LogP contribution < -0.4 is 4.72 Å². The summed E-state index contributed by atoms with van der Waals surface area (Å²) in [5.74, 6) is -0.712. The molecule has 0 spiro atoms. The lowest BCUT2D eigenvalue weighted by Gasteiger charge is -2.07. The maximum atomic E-state index is 12.4. The molecule has 0 fully saturated rings. The summed E-state index contributed by atoms with van der Waals surface area (Å²) in [5, 5.41) is 6.00. The molecule has 2 heterocycles. The third kappa shape index (κ3) is 3.93. The summed E-state index contributed by atoms with van der Waals surface area (Å²) in [6.45, 7) is 3.58. The highest BCUT2D eigenvalue weighted by Gasteiger charge is 2.29. The van der Waals surface area contributed by atoms with Crippen LogP contribution in [0.15, 0.2) is 29.4 Å². The minimum absolute atomic E-state index is 0.000241. The molecule has 0 aromatic carbocycles. The van der Waals surface area contributed by atoms with Gasteiger partial charge in [-0.05, 0) is 25.5 Å². The lowest BCUT2D eigenvalue weighted by molar-refractivity contribution is 0.0520. The summed E-state index contributed by atoms with van der Waals surface area (Å²) in [7, 11) is -3.97. The van der Waals surface area contributed by atoms with Gasteiger partial charge in [0.2, 0.25) is 5.03 Å². The lowest BCUT2D eigenvalue weighted by Crippen LogP contribution is -2.26. The number of carbonyl (C=O) groups excluding carboxylic acids is 1. The average molecular weight is 338 g/mol. The number of hydrogen-bond acceptors (Lipinski definition) is 6. The highest BCUT2D eigenvalue weighted by Crippen LogP contribution is 2.18. The number of aryl methyl sites for hydroxylation is 1. The Morgan fingerprint density at radius 1 is 1.35 bits per heavy atom. The zero-order chi connectivity index (χ0) is 16.9. The van der Waals surface area contributed by atoms with Crippen molar-refractivity contribution in [3.8, 4) is 0 Å². The first kappa shape index (κ1) is 17.1. The van der Waals surface area contributed by atoms with Gasteiger partial charge in [0.25, 0.3) is 10.0 Å². The van der Waals surface area contributed by atoms with E-state index in [1.807, 2.05) is 0 Å². The van der Waals surface area contributed by atoms with E-state index >= 15 is 0 Å². The van der Waals surface area contributed by atoms with E-state index in [1.165, 1.54) is 0 Å². The van der Waals surface area contributed by atoms with Crippen LogP contribution in [0.3, 0.4) is 0 Å². The van der Waals surface area contributed by atoms with Crippen molar-refractivity contribution in [1.82, 2.24) is 19.9 Å². The number of carbonyl (C=O) groups is 1. The number of nitrogens with one attached hydrogen (secondary N) is 2. The van der Waals surface area contributed by atoms with E-state index in [0.29, 0.717) is 17.8 Å². The normalized spacial score (nSPS) is 11.4. The Morgan fingerprint density at radius 2 is 2.13 bits per heavy atom. The van der Waals surface area contributed by atoms with Gasteiger partial charge in [-0.25, -0.2) is 17.9 Å². The van der Waals surface area contributed by atoms with Crippen LogP contribution in [0.5, 0.6) is 0 Å².